The number of nitrogens with one attached hydrogen (secondary N) is 2. The molecular formula is C13H18N2O6S. The van der Waals surface area contributed by atoms with Crippen molar-refractivity contribution in [3.63, 3.8) is 0 Å². The number of methoxy groups -OCH3 is 2. The van der Waals surface area contributed by atoms with Crippen molar-refractivity contribution in [1.82, 2.24) is 10.0 Å². The molecule has 22 heavy (non-hydrogen) atoms. The molecule has 8 nitrogen and oxygen atoms in total. The maximum Gasteiger partial charge on any atom is 0.337 e. The first-order valence-electron chi connectivity index (χ1n) is 6.31. The Morgan fingerprint density at radius 3 is 1.91 bits per heavy atom. The lowest BCUT2D eigenvalue weighted by Gasteiger charge is -2.10. The van der Waals surface area contributed by atoms with Crippen molar-refractivity contribution in [2.24, 2.45) is 0 Å². The van der Waals surface area contributed by atoms with Gasteiger partial charge in [-0.15, -0.1) is 0 Å². The molecule has 0 atom stereocenters. The lowest BCUT2D eigenvalue weighted by Crippen LogP contribution is -2.30. The van der Waals surface area contributed by atoms with E-state index in [0.717, 1.165) is 26.4 Å². The van der Waals surface area contributed by atoms with Gasteiger partial charge in [0.15, 0.2) is 0 Å². The first-order valence-corrected chi connectivity index (χ1v) is 7.80. The first-order chi connectivity index (χ1) is 10.4. The Labute approximate surface area is 128 Å². The molecule has 0 spiro atoms. The fraction of sp³-hybridized carbons (Fsp3) is 0.385. The summed E-state index contributed by atoms with van der Waals surface area (Å²) in [5, 5.41) is 2.79. The number of esters is 2. The average Bonchev–Trinajstić information content (AvgIpc) is 2.52. The van der Waals surface area contributed by atoms with Gasteiger partial charge in [0.25, 0.3) is 0 Å². The Morgan fingerprint density at radius 2 is 1.50 bits per heavy atom. The molecule has 0 radical (unpaired) electrons. The maximum absolute atomic E-state index is 12.2. The molecule has 1 aromatic rings. The summed E-state index contributed by atoms with van der Waals surface area (Å²) in [6.45, 7) is 0.592. The quantitative estimate of drug-likeness (QED) is 0.524. The molecule has 9 heteroatoms. The molecule has 1 rings (SSSR count). The second-order valence-corrected chi connectivity index (χ2v) is 6.00. The summed E-state index contributed by atoms with van der Waals surface area (Å²) in [7, 11) is 0.134. The molecule has 0 bridgehead atoms. The van der Waals surface area contributed by atoms with Crippen LogP contribution in [-0.4, -0.2) is 54.7 Å². The first kappa shape index (κ1) is 18.1. The minimum atomic E-state index is -3.87. The van der Waals surface area contributed by atoms with E-state index < -0.39 is 22.0 Å². The number of likely N-dealkylation sites (N-methyl/N-ethyl adjacent to an activating group) is 1. The largest absolute Gasteiger partial charge is 0.465 e. The van der Waals surface area contributed by atoms with E-state index in [1.807, 2.05) is 0 Å². The van der Waals surface area contributed by atoms with Gasteiger partial charge in [-0.1, -0.05) is 0 Å². The van der Waals surface area contributed by atoms with E-state index in [0.29, 0.717) is 6.54 Å². The lowest BCUT2D eigenvalue weighted by molar-refractivity contribution is 0.0598. The van der Waals surface area contributed by atoms with Gasteiger partial charge in [0, 0.05) is 13.1 Å². The van der Waals surface area contributed by atoms with Gasteiger partial charge in [0.1, 0.15) is 0 Å². The number of hydrogen-bond acceptors (Lipinski definition) is 7. The van der Waals surface area contributed by atoms with Gasteiger partial charge in [0.2, 0.25) is 10.0 Å². The van der Waals surface area contributed by atoms with Gasteiger partial charge in [0.05, 0.1) is 30.2 Å². The third-order valence-corrected chi connectivity index (χ3v) is 4.17. The Kier molecular flexibility index (Phi) is 6.47. The lowest BCUT2D eigenvalue weighted by atomic mass is 10.1. The molecule has 0 aliphatic heterocycles. The summed E-state index contributed by atoms with van der Waals surface area (Å²) < 4.78 is 35.8. The summed E-state index contributed by atoms with van der Waals surface area (Å²) in [6.07, 6.45) is 0. The molecule has 1 aromatic carbocycles. The monoisotopic (exact) mass is 330 g/mol. The minimum absolute atomic E-state index is 0.0561. The van der Waals surface area contributed by atoms with Crippen molar-refractivity contribution in [2.45, 2.75) is 4.90 Å². The number of rotatable bonds is 7. The van der Waals surface area contributed by atoms with Crippen LogP contribution in [0.4, 0.5) is 0 Å². The molecule has 0 saturated carbocycles. The van der Waals surface area contributed by atoms with Crippen LogP contribution in [0.5, 0.6) is 0 Å². The number of carbonyl (C=O) groups is 2. The zero-order chi connectivity index (χ0) is 16.8. The third-order valence-electron chi connectivity index (χ3n) is 2.73. The molecule has 0 fully saturated rings. The fourth-order valence-electron chi connectivity index (χ4n) is 1.62. The summed E-state index contributed by atoms with van der Waals surface area (Å²) in [5.41, 5.74) is -0.112. The van der Waals surface area contributed by atoms with Gasteiger partial charge in [-0.25, -0.2) is 22.7 Å². The molecular weight excluding hydrogens is 312 g/mol. The van der Waals surface area contributed by atoms with Crippen LogP contribution >= 0.6 is 0 Å². The molecule has 0 unspecified atom stereocenters. The van der Waals surface area contributed by atoms with Crippen molar-refractivity contribution in [2.75, 3.05) is 34.4 Å². The smallest absolute Gasteiger partial charge is 0.337 e. The summed E-state index contributed by atoms with van der Waals surface area (Å²) in [5.74, 6) is -1.50. The molecule has 0 saturated heterocycles. The Bertz CT molecular complexity index is 622. The molecule has 0 aliphatic rings. The van der Waals surface area contributed by atoms with E-state index in [9.17, 15) is 18.0 Å². The van der Waals surface area contributed by atoms with E-state index in [-0.39, 0.29) is 22.6 Å². The topological polar surface area (TPSA) is 111 Å². The Morgan fingerprint density at radius 1 is 1.00 bits per heavy atom. The van der Waals surface area contributed by atoms with Crippen LogP contribution < -0.4 is 10.0 Å². The van der Waals surface area contributed by atoms with Crippen LogP contribution in [0.15, 0.2) is 23.1 Å². The summed E-state index contributed by atoms with van der Waals surface area (Å²) >= 11 is 0. The molecule has 0 aromatic heterocycles. The summed E-state index contributed by atoms with van der Waals surface area (Å²) in [6, 6.07) is 3.49. The van der Waals surface area contributed by atoms with E-state index >= 15 is 0 Å². The predicted octanol–water partition coefficient (Wildman–Crippen LogP) is -0.242. The van der Waals surface area contributed by atoms with Crippen LogP contribution in [0.2, 0.25) is 0 Å². The van der Waals surface area contributed by atoms with Crippen LogP contribution in [0, 0.1) is 0 Å². The number of benzene rings is 1. The van der Waals surface area contributed by atoms with Gasteiger partial charge < -0.3 is 14.8 Å². The highest BCUT2D eigenvalue weighted by Gasteiger charge is 2.20. The summed E-state index contributed by atoms with van der Waals surface area (Å²) in [4.78, 5) is 23.0. The van der Waals surface area contributed by atoms with Crippen LogP contribution in [0.1, 0.15) is 20.7 Å². The molecule has 0 heterocycles. The normalized spacial score (nSPS) is 11.0. The van der Waals surface area contributed by atoms with Crippen molar-refractivity contribution < 1.29 is 27.5 Å². The van der Waals surface area contributed by atoms with E-state index in [1.165, 1.54) is 6.07 Å². The zero-order valence-electron chi connectivity index (χ0n) is 12.5. The van der Waals surface area contributed by atoms with Gasteiger partial charge in [-0.3, -0.25) is 0 Å². The van der Waals surface area contributed by atoms with Gasteiger partial charge in [-0.2, -0.15) is 0 Å². The highest BCUT2D eigenvalue weighted by Crippen LogP contribution is 2.17. The zero-order valence-corrected chi connectivity index (χ0v) is 13.3. The van der Waals surface area contributed by atoms with Gasteiger partial charge >= 0.3 is 11.9 Å². The molecule has 0 aliphatic carbocycles. The third kappa shape index (κ3) is 4.52. The Balaban J connectivity index is 3.28. The average molecular weight is 330 g/mol. The number of sulfonamides is 1. The molecule has 2 N–H and O–H groups in total. The predicted molar refractivity (Wildman–Crippen MR) is 78.2 cm³/mol. The van der Waals surface area contributed by atoms with Crippen LogP contribution in [-0.2, 0) is 19.5 Å². The van der Waals surface area contributed by atoms with Crippen molar-refractivity contribution >= 4 is 22.0 Å². The fourth-order valence-corrected chi connectivity index (χ4v) is 2.72. The maximum atomic E-state index is 12.2. The van der Waals surface area contributed by atoms with Crippen LogP contribution in [0.3, 0.4) is 0 Å². The number of ether oxygens (including phenoxy) is 2. The van der Waals surface area contributed by atoms with E-state index in [1.54, 1.807) is 7.05 Å². The Hall–Kier alpha value is -1.97. The van der Waals surface area contributed by atoms with Crippen molar-refractivity contribution in [3.8, 4) is 0 Å². The van der Waals surface area contributed by atoms with E-state index in [4.69, 9.17) is 0 Å². The van der Waals surface area contributed by atoms with E-state index in [2.05, 4.69) is 19.5 Å². The van der Waals surface area contributed by atoms with Gasteiger partial charge in [-0.05, 0) is 25.2 Å². The molecule has 122 valence electrons. The SMILES string of the molecule is CNCCNS(=O)(=O)c1cc(C(=O)OC)cc(C(=O)OC)c1. The second kappa shape index (κ2) is 7.87. The van der Waals surface area contributed by atoms with Crippen molar-refractivity contribution in [1.29, 1.82) is 0 Å². The number of hydrogen-bond donors (Lipinski definition) is 2. The minimum Gasteiger partial charge on any atom is -0.465 e. The second-order valence-electron chi connectivity index (χ2n) is 4.23. The van der Waals surface area contributed by atoms with Crippen molar-refractivity contribution in [3.05, 3.63) is 29.3 Å². The van der Waals surface area contributed by atoms with Crippen LogP contribution in [0.25, 0.3) is 0 Å². The highest BCUT2D eigenvalue weighted by molar-refractivity contribution is 7.89. The number of carbonyl (C=O) groups excluding carboxylic acids is 2. The highest BCUT2D eigenvalue weighted by atomic mass is 32.2. The standard InChI is InChI=1S/C13H18N2O6S/c1-14-4-5-15-22(18,19)11-7-9(12(16)20-2)6-10(8-11)13(17)21-3/h6-8,14-15H,4-5H2,1-3H3. The molecule has 0 amide bonds.